The first-order valence-electron chi connectivity index (χ1n) is 8.40. The first kappa shape index (κ1) is 22.0. The van der Waals surface area contributed by atoms with E-state index < -0.39 is 0 Å². The van der Waals surface area contributed by atoms with E-state index in [0.717, 1.165) is 30.5 Å². The highest BCUT2D eigenvalue weighted by molar-refractivity contribution is 14.0. The average Bonchev–Trinajstić information content (AvgIpc) is 2.95. The maximum absolute atomic E-state index is 11.9. The normalized spacial score (nSPS) is 20.2. The highest BCUT2D eigenvalue weighted by Gasteiger charge is 2.36. The van der Waals surface area contributed by atoms with Crippen molar-refractivity contribution in [2.45, 2.75) is 20.3 Å². The summed E-state index contributed by atoms with van der Waals surface area (Å²) in [7, 11) is 1.45. The van der Waals surface area contributed by atoms with Crippen LogP contribution in [0.5, 0.6) is 0 Å². The first-order chi connectivity index (χ1) is 11.5. The van der Waals surface area contributed by atoms with Gasteiger partial charge in [0.05, 0.1) is 13.0 Å². The molecule has 0 radical (unpaired) electrons. The van der Waals surface area contributed by atoms with Crippen LogP contribution >= 0.6 is 35.6 Å². The summed E-state index contributed by atoms with van der Waals surface area (Å²) in [6.45, 7) is 7.06. The van der Waals surface area contributed by atoms with Gasteiger partial charge in [0.1, 0.15) is 0 Å². The Morgan fingerprint density at radius 2 is 2.20 bits per heavy atom. The van der Waals surface area contributed by atoms with Crippen LogP contribution in [0.1, 0.15) is 19.4 Å². The maximum Gasteiger partial charge on any atom is 0.310 e. The third-order valence-electron chi connectivity index (χ3n) is 4.30. The number of methoxy groups -OCH3 is 1. The fraction of sp³-hybridized carbons (Fsp3) is 0.556. The third-order valence-corrected chi connectivity index (χ3v) is 4.54. The molecule has 1 heterocycles. The van der Waals surface area contributed by atoms with Gasteiger partial charge in [0, 0.05) is 31.2 Å². The van der Waals surface area contributed by atoms with E-state index in [1.54, 1.807) is 0 Å². The van der Waals surface area contributed by atoms with E-state index in [4.69, 9.17) is 21.3 Å². The van der Waals surface area contributed by atoms with Crippen molar-refractivity contribution in [1.29, 1.82) is 0 Å². The molecule has 1 aliphatic heterocycles. The molecule has 140 valence electrons. The van der Waals surface area contributed by atoms with Crippen molar-refractivity contribution in [3.63, 3.8) is 0 Å². The lowest BCUT2D eigenvalue weighted by Gasteiger charge is -2.21. The largest absolute Gasteiger partial charge is 0.469 e. The molecule has 1 aromatic carbocycles. The lowest BCUT2D eigenvalue weighted by Crippen LogP contribution is -2.40. The Balaban J connectivity index is 0.00000312. The third kappa shape index (κ3) is 6.33. The monoisotopic (exact) mass is 479 g/mol. The Morgan fingerprint density at radius 1 is 1.44 bits per heavy atom. The van der Waals surface area contributed by atoms with E-state index in [-0.39, 0.29) is 41.8 Å². The van der Waals surface area contributed by atoms with Crippen LogP contribution in [0.4, 0.5) is 0 Å². The van der Waals surface area contributed by atoms with Crippen LogP contribution in [0.25, 0.3) is 0 Å². The SMILES string of the molecule is CCNC(=NCCc1cccc(Cl)c1)N1CC(C)C(C(=O)OC)C1.I. The van der Waals surface area contributed by atoms with Gasteiger partial charge in [-0.1, -0.05) is 30.7 Å². The minimum Gasteiger partial charge on any atom is -0.469 e. The van der Waals surface area contributed by atoms with E-state index in [2.05, 4.69) is 23.2 Å². The summed E-state index contributed by atoms with van der Waals surface area (Å²) in [5, 5.41) is 4.07. The molecule has 0 amide bonds. The predicted molar refractivity (Wildman–Crippen MR) is 113 cm³/mol. The molecule has 25 heavy (non-hydrogen) atoms. The van der Waals surface area contributed by atoms with Crippen LogP contribution in [-0.4, -0.2) is 50.1 Å². The molecule has 2 rings (SSSR count). The molecule has 0 saturated carbocycles. The summed E-state index contributed by atoms with van der Waals surface area (Å²) in [6, 6.07) is 7.85. The van der Waals surface area contributed by atoms with Gasteiger partial charge in [0.2, 0.25) is 0 Å². The zero-order chi connectivity index (χ0) is 17.5. The van der Waals surface area contributed by atoms with Gasteiger partial charge in [-0.3, -0.25) is 9.79 Å². The molecule has 0 bridgehead atoms. The molecule has 2 unspecified atom stereocenters. The lowest BCUT2D eigenvalue weighted by molar-refractivity contribution is -0.145. The molecule has 5 nitrogen and oxygen atoms in total. The summed E-state index contributed by atoms with van der Waals surface area (Å²) in [6.07, 6.45) is 0.833. The number of nitrogens with one attached hydrogen (secondary N) is 1. The number of ether oxygens (including phenoxy) is 1. The number of hydrogen-bond donors (Lipinski definition) is 1. The van der Waals surface area contributed by atoms with Crippen molar-refractivity contribution in [2.75, 3.05) is 33.3 Å². The molecule has 1 N–H and O–H groups in total. The van der Waals surface area contributed by atoms with Crippen molar-refractivity contribution in [1.82, 2.24) is 10.2 Å². The summed E-state index contributed by atoms with van der Waals surface area (Å²) in [5.74, 6) is 0.888. The Labute approximate surface area is 172 Å². The van der Waals surface area contributed by atoms with Gasteiger partial charge in [-0.05, 0) is 37.0 Å². The van der Waals surface area contributed by atoms with Crippen molar-refractivity contribution < 1.29 is 9.53 Å². The van der Waals surface area contributed by atoms with E-state index in [0.29, 0.717) is 13.1 Å². The van der Waals surface area contributed by atoms with Gasteiger partial charge in [-0.15, -0.1) is 24.0 Å². The molecule has 0 aliphatic carbocycles. The van der Waals surface area contributed by atoms with Crippen molar-refractivity contribution in [2.24, 2.45) is 16.8 Å². The van der Waals surface area contributed by atoms with Gasteiger partial charge in [0.15, 0.2) is 5.96 Å². The number of carbonyl (C=O) groups is 1. The summed E-state index contributed by atoms with van der Waals surface area (Å²) in [5.41, 5.74) is 1.17. The van der Waals surface area contributed by atoms with E-state index >= 15 is 0 Å². The fourth-order valence-electron chi connectivity index (χ4n) is 3.01. The zero-order valence-corrected chi connectivity index (χ0v) is 18.1. The Hall–Kier alpha value is -1.02. The molecule has 0 spiro atoms. The average molecular weight is 480 g/mol. The highest BCUT2D eigenvalue weighted by Crippen LogP contribution is 2.24. The number of rotatable bonds is 5. The minimum absolute atomic E-state index is 0. The second kappa shape index (κ2) is 10.9. The molecular weight excluding hydrogens is 453 g/mol. The highest BCUT2D eigenvalue weighted by atomic mass is 127. The van der Waals surface area contributed by atoms with Gasteiger partial charge in [-0.25, -0.2) is 0 Å². The number of aliphatic imine (C=N–C) groups is 1. The molecule has 1 aliphatic rings. The predicted octanol–water partition coefficient (Wildman–Crippen LogP) is 3.21. The van der Waals surface area contributed by atoms with Gasteiger partial charge >= 0.3 is 5.97 Å². The molecular formula is C18H27ClIN3O2. The number of carbonyl (C=O) groups excluding carboxylic acids is 1. The number of likely N-dealkylation sites (tertiary alicyclic amines) is 1. The molecule has 1 aromatic rings. The Kier molecular flexibility index (Phi) is 9.56. The van der Waals surface area contributed by atoms with E-state index in [1.807, 2.05) is 25.1 Å². The number of nitrogens with zero attached hydrogens (tertiary/aromatic N) is 2. The molecule has 2 atom stereocenters. The summed E-state index contributed by atoms with van der Waals surface area (Å²) < 4.78 is 4.90. The Morgan fingerprint density at radius 3 is 2.84 bits per heavy atom. The zero-order valence-electron chi connectivity index (χ0n) is 15.0. The van der Waals surface area contributed by atoms with Crippen LogP contribution in [0, 0.1) is 11.8 Å². The quantitative estimate of drug-likeness (QED) is 0.305. The standard InChI is InChI=1S/C18H26ClN3O2.HI/c1-4-20-18(21-9-8-14-6-5-7-15(19)10-14)22-11-13(2)16(12-22)17(23)24-3;/h5-7,10,13,16H,4,8-9,11-12H2,1-3H3,(H,20,21);1H. The number of guanidine groups is 1. The van der Waals surface area contributed by atoms with Gasteiger partial charge < -0.3 is 15.0 Å². The van der Waals surface area contributed by atoms with Crippen LogP contribution in [0.15, 0.2) is 29.3 Å². The minimum atomic E-state index is -0.139. The van der Waals surface area contributed by atoms with Crippen molar-refractivity contribution in [3.05, 3.63) is 34.9 Å². The van der Waals surface area contributed by atoms with Crippen LogP contribution in [0.3, 0.4) is 0 Å². The summed E-state index contributed by atoms with van der Waals surface area (Å²) in [4.78, 5) is 18.7. The number of benzene rings is 1. The van der Waals surface area contributed by atoms with Crippen LogP contribution < -0.4 is 5.32 Å². The van der Waals surface area contributed by atoms with Crippen LogP contribution in [-0.2, 0) is 16.0 Å². The lowest BCUT2D eigenvalue weighted by atomic mass is 9.99. The second-order valence-corrected chi connectivity index (χ2v) is 6.56. The molecule has 7 heteroatoms. The van der Waals surface area contributed by atoms with Crippen LogP contribution in [0.2, 0.25) is 5.02 Å². The number of hydrogen-bond acceptors (Lipinski definition) is 3. The van der Waals surface area contributed by atoms with E-state index in [1.165, 1.54) is 12.7 Å². The Bertz CT molecular complexity index is 597. The fourth-order valence-corrected chi connectivity index (χ4v) is 3.22. The smallest absolute Gasteiger partial charge is 0.310 e. The van der Waals surface area contributed by atoms with Gasteiger partial charge in [-0.2, -0.15) is 0 Å². The van der Waals surface area contributed by atoms with E-state index in [9.17, 15) is 4.79 Å². The molecule has 1 saturated heterocycles. The second-order valence-electron chi connectivity index (χ2n) is 6.13. The first-order valence-corrected chi connectivity index (χ1v) is 8.78. The van der Waals surface area contributed by atoms with Gasteiger partial charge in [0.25, 0.3) is 0 Å². The van der Waals surface area contributed by atoms with Crippen molar-refractivity contribution in [3.8, 4) is 0 Å². The topological polar surface area (TPSA) is 53.9 Å². The maximum atomic E-state index is 11.9. The number of halogens is 2. The summed E-state index contributed by atoms with van der Waals surface area (Å²) >= 11 is 6.01. The molecule has 0 aromatic heterocycles. The number of esters is 1. The molecule has 1 fully saturated rings. The van der Waals surface area contributed by atoms with Crippen molar-refractivity contribution >= 4 is 47.5 Å².